The molecule has 0 aliphatic rings. The van der Waals surface area contributed by atoms with E-state index in [0.717, 1.165) is 0 Å². The molecule has 134 valence electrons. The molecule has 0 saturated carbocycles. The van der Waals surface area contributed by atoms with Crippen molar-refractivity contribution in [1.82, 2.24) is 14.9 Å². The standard InChI is InChI=1S/C15H23N3O5S/c1-11-5-6-12(24(21,22)17-7-8-23-4)9-13(11)15(20)16-10-14(19)18(2)3/h5-6,9,17H,7-8,10H2,1-4H3,(H,16,20). The smallest absolute Gasteiger partial charge is 0.252 e. The van der Waals surface area contributed by atoms with Crippen LogP contribution in [0.2, 0.25) is 0 Å². The van der Waals surface area contributed by atoms with Gasteiger partial charge in [-0.15, -0.1) is 0 Å². The molecular weight excluding hydrogens is 334 g/mol. The summed E-state index contributed by atoms with van der Waals surface area (Å²) in [6.45, 7) is 1.91. The van der Waals surface area contributed by atoms with Gasteiger partial charge >= 0.3 is 0 Å². The van der Waals surface area contributed by atoms with E-state index in [-0.39, 0.29) is 36.1 Å². The Kier molecular flexibility index (Phi) is 7.33. The lowest BCUT2D eigenvalue weighted by molar-refractivity contribution is -0.127. The van der Waals surface area contributed by atoms with E-state index in [1.54, 1.807) is 27.1 Å². The average molecular weight is 357 g/mol. The Morgan fingerprint density at radius 2 is 1.92 bits per heavy atom. The van der Waals surface area contributed by atoms with Gasteiger partial charge in [-0.05, 0) is 24.6 Å². The van der Waals surface area contributed by atoms with Crippen LogP contribution < -0.4 is 10.0 Å². The lowest BCUT2D eigenvalue weighted by Crippen LogP contribution is -2.36. The normalized spacial score (nSPS) is 11.2. The summed E-state index contributed by atoms with van der Waals surface area (Å²) in [5.74, 6) is -0.761. The molecule has 0 aliphatic carbocycles. The monoisotopic (exact) mass is 357 g/mol. The van der Waals surface area contributed by atoms with Crippen molar-refractivity contribution in [2.75, 3.05) is 40.9 Å². The second kappa shape index (κ2) is 8.76. The van der Waals surface area contributed by atoms with Crippen molar-refractivity contribution in [1.29, 1.82) is 0 Å². The maximum Gasteiger partial charge on any atom is 0.252 e. The zero-order valence-corrected chi connectivity index (χ0v) is 15.1. The third-order valence-electron chi connectivity index (χ3n) is 3.26. The minimum absolute atomic E-state index is 0.0201. The number of ether oxygens (including phenoxy) is 1. The molecule has 0 spiro atoms. The number of carbonyl (C=O) groups is 2. The van der Waals surface area contributed by atoms with Gasteiger partial charge in [0, 0.05) is 33.3 Å². The molecule has 0 atom stereocenters. The van der Waals surface area contributed by atoms with Crippen LogP contribution in [0.1, 0.15) is 15.9 Å². The predicted octanol–water partition coefficient (Wildman–Crippen LogP) is -0.262. The largest absolute Gasteiger partial charge is 0.383 e. The van der Waals surface area contributed by atoms with E-state index in [0.29, 0.717) is 5.56 Å². The first-order chi connectivity index (χ1) is 11.2. The SMILES string of the molecule is COCCNS(=O)(=O)c1ccc(C)c(C(=O)NCC(=O)N(C)C)c1. The van der Waals surface area contributed by atoms with Gasteiger partial charge in [0.25, 0.3) is 5.91 Å². The van der Waals surface area contributed by atoms with Gasteiger partial charge < -0.3 is 15.0 Å². The summed E-state index contributed by atoms with van der Waals surface area (Å²) in [5.41, 5.74) is 0.816. The van der Waals surface area contributed by atoms with Gasteiger partial charge in [-0.3, -0.25) is 9.59 Å². The van der Waals surface area contributed by atoms with Gasteiger partial charge in [0.05, 0.1) is 18.0 Å². The van der Waals surface area contributed by atoms with Gasteiger partial charge in [-0.25, -0.2) is 13.1 Å². The highest BCUT2D eigenvalue weighted by Gasteiger charge is 2.18. The summed E-state index contributed by atoms with van der Waals surface area (Å²) in [6, 6.07) is 4.26. The fourth-order valence-corrected chi connectivity index (χ4v) is 2.82. The van der Waals surface area contributed by atoms with E-state index < -0.39 is 15.9 Å². The molecule has 0 aromatic heterocycles. The number of likely N-dealkylation sites (N-methyl/N-ethyl adjacent to an activating group) is 1. The van der Waals surface area contributed by atoms with Crippen molar-refractivity contribution in [3.8, 4) is 0 Å². The molecule has 0 bridgehead atoms. The van der Waals surface area contributed by atoms with Crippen LogP contribution in [0.25, 0.3) is 0 Å². The first-order valence-corrected chi connectivity index (χ1v) is 8.75. The Morgan fingerprint density at radius 3 is 2.50 bits per heavy atom. The molecule has 0 unspecified atom stereocenters. The number of nitrogens with one attached hydrogen (secondary N) is 2. The minimum atomic E-state index is -3.74. The maximum absolute atomic E-state index is 12.2. The quantitative estimate of drug-likeness (QED) is 0.624. The predicted molar refractivity (Wildman–Crippen MR) is 89.3 cm³/mol. The van der Waals surface area contributed by atoms with E-state index in [4.69, 9.17) is 4.74 Å². The Labute approximate surface area is 142 Å². The number of sulfonamides is 1. The van der Waals surface area contributed by atoms with E-state index in [1.165, 1.54) is 24.1 Å². The maximum atomic E-state index is 12.2. The number of aryl methyl sites for hydroxylation is 1. The summed E-state index contributed by atoms with van der Waals surface area (Å²) in [4.78, 5) is 25.1. The summed E-state index contributed by atoms with van der Waals surface area (Å²) in [7, 11) is 0.899. The van der Waals surface area contributed by atoms with Crippen molar-refractivity contribution < 1.29 is 22.7 Å². The van der Waals surface area contributed by atoms with Crippen molar-refractivity contribution in [2.24, 2.45) is 0 Å². The van der Waals surface area contributed by atoms with Gasteiger partial charge in [-0.2, -0.15) is 0 Å². The molecule has 1 aromatic rings. The molecule has 0 saturated heterocycles. The van der Waals surface area contributed by atoms with Crippen molar-refractivity contribution in [3.05, 3.63) is 29.3 Å². The highest BCUT2D eigenvalue weighted by atomic mass is 32.2. The van der Waals surface area contributed by atoms with Crippen molar-refractivity contribution in [3.63, 3.8) is 0 Å². The van der Waals surface area contributed by atoms with E-state index in [1.807, 2.05) is 0 Å². The number of hydrogen-bond donors (Lipinski definition) is 2. The molecule has 1 aromatic carbocycles. The fourth-order valence-electron chi connectivity index (χ4n) is 1.78. The van der Waals surface area contributed by atoms with Crippen LogP contribution in [-0.4, -0.2) is 66.0 Å². The minimum Gasteiger partial charge on any atom is -0.383 e. The van der Waals surface area contributed by atoms with Crippen LogP contribution in [0.3, 0.4) is 0 Å². The molecule has 24 heavy (non-hydrogen) atoms. The molecule has 9 heteroatoms. The highest BCUT2D eigenvalue weighted by molar-refractivity contribution is 7.89. The Hall–Kier alpha value is -1.97. The van der Waals surface area contributed by atoms with E-state index in [2.05, 4.69) is 10.0 Å². The summed E-state index contributed by atoms with van der Waals surface area (Å²) in [5, 5.41) is 2.49. The first-order valence-electron chi connectivity index (χ1n) is 7.26. The number of methoxy groups -OCH3 is 1. The van der Waals surface area contributed by atoms with Gasteiger partial charge in [0.2, 0.25) is 15.9 Å². The molecule has 0 heterocycles. The molecule has 0 aliphatic heterocycles. The number of hydrogen-bond acceptors (Lipinski definition) is 5. The van der Waals surface area contributed by atoms with E-state index >= 15 is 0 Å². The summed E-state index contributed by atoms with van der Waals surface area (Å²) in [6.07, 6.45) is 0. The van der Waals surface area contributed by atoms with Crippen molar-refractivity contribution >= 4 is 21.8 Å². The van der Waals surface area contributed by atoms with Crippen molar-refractivity contribution in [2.45, 2.75) is 11.8 Å². The van der Waals surface area contributed by atoms with Crippen LogP contribution >= 0.6 is 0 Å². The number of amides is 2. The van der Waals surface area contributed by atoms with Gasteiger partial charge in [-0.1, -0.05) is 6.07 Å². The second-order valence-corrected chi connectivity index (χ2v) is 7.11. The van der Waals surface area contributed by atoms with Crippen LogP contribution in [-0.2, 0) is 19.6 Å². The molecule has 8 nitrogen and oxygen atoms in total. The lowest BCUT2D eigenvalue weighted by atomic mass is 10.1. The zero-order chi connectivity index (χ0) is 18.3. The first kappa shape index (κ1) is 20.1. The third kappa shape index (κ3) is 5.59. The van der Waals surface area contributed by atoms with Crippen LogP contribution in [0.5, 0.6) is 0 Å². The topological polar surface area (TPSA) is 105 Å². The second-order valence-electron chi connectivity index (χ2n) is 5.34. The number of nitrogens with zero attached hydrogens (tertiary/aromatic N) is 1. The fraction of sp³-hybridized carbons (Fsp3) is 0.467. The molecule has 0 fully saturated rings. The molecule has 2 N–H and O–H groups in total. The Bertz CT molecular complexity index is 701. The third-order valence-corrected chi connectivity index (χ3v) is 4.72. The molecule has 1 rings (SSSR count). The van der Waals surface area contributed by atoms with E-state index in [9.17, 15) is 18.0 Å². The Morgan fingerprint density at radius 1 is 1.25 bits per heavy atom. The number of benzene rings is 1. The van der Waals surface area contributed by atoms with Gasteiger partial charge in [0.1, 0.15) is 0 Å². The number of rotatable bonds is 8. The van der Waals surface area contributed by atoms with Crippen LogP contribution in [0, 0.1) is 6.92 Å². The lowest BCUT2D eigenvalue weighted by Gasteiger charge is -2.13. The summed E-state index contributed by atoms with van der Waals surface area (Å²) < 4.78 is 31.6. The van der Waals surface area contributed by atoms with Gasteiger partial charge in [0.15, 0.2) is 0 Å². The molecule has 2 amide bonds. The highest BCUT2D eigenvalue weighted by Crippen LogP contribution is 2.15. The average Bonchev–Trinajstić information content (AvgIpc) is 2.52. The number of carbonyl (C=O) groups excluding carboxylic acids is 2. The van der Waals surface area contributed by atoms with Crippen LogP contribution in [0.4, 0.5) is 0 Å². The Balaban J connectivity index is 2.93. The molecular formula is C15H23N3O5S. The zero-order valence-electron chi connectivity index (χ0n) is 14.3. The summed E-state index contributed by atoms with van der Waals surface area (Å²) >= 11 is 0. The molecule has 0 radical (unpaired) electrons. The van der Waals surface area contributed by atoms with Crippen LogP contribution in [0.15, 0.2) is 23.1 Å².